The van der Waals surface area contributed by atoms with Gasteiger partial charge in [-0.2, -0.15) is 0 Å². The highest BCUT2D eigenvalue weighted by Gasteiger charge is 2.20. The van der Waals surface area contributed by atoms with Crippen molar-refractivity contribution in [2.45, 2.75) is 25.4 Å². The largest absolute Gasteiger partial charge is 0.463 e. The van der Waals surface area contributed by atoms with Gasteiger partial charge in [0.25, 0.3) is 0 Å². The van der Waals surface area contributed by atoms with Crippen LogP contribution in [0.2, 0.25) is 0 Å². The van der Waals surface area contributed by atoms with E-state index in [2.05, 4.69) is 21.2 Å². The molecule has 1 heterocycles. The first-order chi connectivity index (χ1) is 8.74. The van der Waals surface area contributed by atoms with Gasteiger partial charge < -0.3 is 9.73 Å². The predicted molar refractivity (Wildman–Crippen MR) is 71.7 cm³/mol. The summed E-state index contributed by atoms with van der Waals surface area (Å²) >= 11 is 3.34. The quantitative estimate of drug-likeness (QED) is 0.920. The Hall–Kier alpha value is -1.13. The monoisotopic (exact) mass is 309 g/mol. The minimum atomic E-state index is -0.249. The molecule has 1 aromatic heterocycles. The van der Waals surface area contributed by atoms with Crippen LogP contribution in [0.1, 0.15) is 18.4 Å². The molecule has 1 aliphatic carbocycles. The molecule has 1 saturated carbocycles. The van der Waals surface area contributed by atoms with Crippen molar-refractivity contribution in [3.05, 3.63) is 46.4 Å². The van der Waals surface area contributed by atoms with Crippen molar-refractivity contribution in [1.82, 2.24) is 5.32 Å². The van der Waals surface area contributed by atoms with Crippen molar-refractivity contribution < 1.29 is 8.81 Å². The van der Waals surface area contributed by atoms with Gasteiger partial charge in [-0.05, 0) is 52.5 Å². The molecule has 94 valence electrons. The van der Waals surface area contributed by atoms with Crippen LogP contribution in [0.15, 0.2) is 39.4 Å². The van der Waals surface area contributed by atoms with Gasteiger partial charge in [0, 0.05) is 12.6 Å². The van der Waals surface area contributed by atoms with Crippen LogP contribution >= 0.6 is 15.9 Å². The minimum absolute atomic E-state index is 0.249. The number of hydrogen-bond donors (Lipinski definition) is 1. The van der Waals surface area contributed by atoms with Crippen LogP contribution in [-0.2, 0) is 6.54 Å². The smallest absolute Gasteiger partial charge is 0.150 e. The van der Waals surface area contributed by atoms with Crippen molar-refractivity contribution in [1.29, 1.82) is 0 Å². The van der Waals surface area contributed by atoms with Crippen molar-refractivity contribution in [3.63, 3.8) is 0 Å². The van der Waals surface area contributed by atoms with Gasteiger partial charge in [0.15, 0.2) is 5.76 Å². The normalized spacial score (nSPS) is 15.0. The molecule has 4 heteroatoms. The maximum atomic E-state index is 14.0. The lowest BCUT2D eigenvalue weighted by Crippen LogP contribution is -2.15. The predicted octanol–water partition coefficient (Wildman–Crippen LogP) is 4.10. The average Bonchev–Trinajstić information content (AvgIpc) is 3.09. The summed E-state index contributed by atoms with van der Waals surface area (Å²) in [4.78, 5) is 0. The molecule has 0 radical (unpaired) electrons. The van der Waals surface area contributed by atoms with Crippen LogP contribution in [0.4, 0.5) is 4.39 Å². The fraction of sp³-hybridized carbons (Fsp3) is 0.286. The highest BCUT2D eigenvalue weighted by Crippen LogP contribution is 2.31. The number of nitrogens with one attached hydrogen (secondary N) is 1. The second kappa shape index (κ2) is 4.86. The fourth-order valence-corrected chi connectivity index (χ4v) is 2.30. The Morgan fingerprint density at radius 2 is 2.17 bits per heavy atom. The second-order valence-electron chi connectivity index (χ2n) is 4.57. The standard InChI is InChI=1S/C14H13BrFNO/c15-12-5-6-18-14(12)11-4-1-9(7-13(11)16)8-17-10-2-3-10/h1,4-7,10,17H,2-3,8H2. The molecular weight excluding hydrogens is 297 g/mol. The molecule has 18 heavy (non-hydrogen) atoms. The van der Waals surface area contributed by atoms with Crippen LogP contribution in [0.5, 0.6) is 0 Å². The first kappa shape index (κ1) is 11.9. The first-order valence-electron chi connectivity index (χ1n) is 5.99. The lowest BCUT2D eigenvalue weighted by molar-refractivity contribution is 0.567. The summed E-state index contributed by atoms with van der Waals surface area (Å²) in [6, 6.07) is 7.66. The van der Waals surface area contributed by atoms with E-state index >= 15 is 0 Å². The Labute approximate surface area is 113 Å². The van der Waals surface area contributed by atoms with E-state index < -0.39 is 0 Å². The van der Waals surface area contributed by atoms with E-state index in [1.165, 1.54) is 12.8 Å². The van der Waals surface area contributed by atoms with Crippen molar-refractivity contribution >= 4 is 15.9 Å². The average molecular weight is 310 g/mol. The molecule has 0 atom stereocenters. The first-order valence-corrected chi connectivity index (χ1v) is 6.78. The summed E-state index contributed by atoms with van der Waals surface area (Å²) in [7, 11) is 0. The Kier molecular flexibility index (Phi) is 3.22. The van der Waals surface area contributed by atoms with Crippen LogP contribution in [0, 0.1) is 5.82 Å². The van der Waals surface area contributed by atoms with Gasteiger partial charge in [-0.1, -0.05) is 6.07 Å². The number of rotatable bonds is 4. The summed E-state index contributed by atoms with van der Waals surface area (Å²) < 4.78 is 20.1. The van der Waals surface area contributed by atoms with Gasteiger partial charge in [0.05, 0.1) is 16.3 Å². The van der Waals surface area contributed by atoms with Crippen LogP contribution in [0.3, 0.4) is 0 Å². The maximum Gasteiger partial charge on any atom is 0.150 e. The molecule has 1 aromatic carbocycles. The molecule has 0 amide bonds. The molecule has 0 spiro atoms. The maximum absolute atomic E-state index is 14.0. The zero-order chi connectivity index (χ0) is 12.5. The lowest BCUT2D eigenvalue weighted by Gasteiger charge is -2.06. The Morgan fingerprint density at radius 1 is 1.33 bits per heavy atom. The van der Waals surface area contributed by atoms with E-state index in [-0.39, 0.29) is 5.82 Å². The molecule has 0 aliphatic heterocycles. The molecule has 3 rings (SSSR count). The van der Waals surface area contributed by atoms with Gasteiger partial charge in [0.1, 0.15) is 5.82 Å². The van der Waals surface area contributed by atoms with E-state index in [0.717, 1.165) is 16.6 Å². The van der Waals surface area contributed by atoms with E-state index in [1.807, 2.05) is 6.07 Å². The molecule has 2 nitrogen and oxygen atoms in total. The molecule has 1 fully saturated rings. The van der Waals surface area contributed by atoms with Gasteiger partial charge in [-0.25, -0.2) is 4.39 Å². The molecule has 1 aliphatic rings. The van der Waals surface area contributed by atoms with Crippen LogP contribution in [0.25, 0.3) is 11.3 Å². The van der Waals surface area contributed by atoms with E-state index in [4.69, 9.17) is 4.42 Å². The third-order valence-electron chi connectivity index (χ3n) is 3.07. The Balaban J connectivity index is 1.82. The minimum Gasteiger partial charge on any atom is -0.463 e. The molecule has 0 bridgehead atoms. The lowest BCUT2D eigenvalue weighted by atomic mass is 10.1. The summed E-state index contributed by atoms with van der Waals surface area (Å²) in [5.41, 5.74) is 1.45. The van der Waals surface area contributed by atoms with Crippen molar-refractivity contribution in [3.8, 4) is 11.3 Å². The SMILES string of the molecule is Fc1cc(CNC2CC2)ccc1-c1occc1Br. The van der Waals surface area contributed by atoms with Crippen molar-refractivity contribution in [2.24, 2.45) is 0 Å². The summed E-state index contributed by atoms with van der Waals surface area (Å²) in [5.74, 6) is 0.287. The summed E-state index contributed by atoms with van der Waals surface area (Å²) in [6.07, 6.45) is 4.02. The van der Waals surface area contributed by atoms with Crippen LogP contribution < -0.4 is 5.32 Å². The fourth-order valence-electron chi connectivity index (χ4n) is 1.89. The molecule has 2 aromatic rings. The molecular formula is C14H13BrFNO. The zero-order valence-corrected chi connectivity index (χ0v) is 11.3. The number of hydrogen-bond acceptors (Lipinski definition) is 2. The topological polar surface area (TPSA) is 25.2 Å². The number of halogens is 2. The highest BCUT2D eigenvalue weighted by atomic mass is 79.9. The van der Waals surface area contributed by atoms with Gasteiger partial charge in [-0.15, -0.1) is 0 Å². The molecule has 0 saturated heterocycles. The highest BCUT2D eigenvalue weighted by molar-refractivity contribution is 9.10. The third-order valence-corrected chi connectivity index (χ3v) is 3.69. The van der Waals surface area contributed by atoms with E-state index in [0.29, 0.717) is 17.4 Å². The van der Waals surface area contributed by atoms with E-state index in [1.54, 1.807) is 24.5 Å². The van der Waals surface area contributed by atoms with E-state index in [9.17, 15) is 4.39 Å². The molecule has 1 N–H and O–H groups in total. The third kappa shape index (κ3) is 2.49. The summed E-state index contributed by atoms with van der Waals surface area (Å²) in [5, 5.41) is 3.37. The van der Waals surface area contributed by atoms with Gasteiger partial charge >= 0.3 is 0 Å². The zero-order valence-electron chi connectivity index (χ0n) is 9.75. The number of furan rings is 1. The second-order valence-corrected chi connectivity index (χ2v) is 5.42. The molecule has 0 unspecified atom stereocenters. The van der Waals surface area contributed by atoms with Gasteiger partial charge in [0.2, 0.25) is 0 Å². The van der Waals surface area contributed by atoms with Crippen molar-refractivity contribution in [2.75, 3.05) is 0 Å². The van der Waals surface area contributed by atoms with Gasteiger partial charge in [-0.3, -0.25) is 0 Å². The van der Waals surface area contributed by atoms with Crippen LogP contribution in [-0.4, -0.2) is 6.04 Å². The summed E-state index contributed by atoms with van der Waals surface area (Å²) in [6.45, 7) is 0.723. The Morgan fingerprint density at radius 3 is 2.78 bits per heavy atom. The number of benzene rings is 1. The Bertz CT molecular complexity index is 563.